The minimum absolute atomic E-state index is 0.0403. The molecule has 1 fully saturated rings. The standard InChI is InChI=1S/C27H25ClN4S/c1-17-7-6-8-22(15-17)32-26(25(30-27(32)33)24-9-4-5-14-29-24)23-16-18(2)31(19(23)3)21-12-10-20(28)11-13-21/h4-16,25-26H,1-3H3,(H,30,33). The van der Waals surface area contributed by atoms with E-state index in [-0.39, 0.29) is 12.1 Å². The lowest BCUT2D eigenvalue weighted by Gasteiger charge is -2.28. The maximum atomic E-state index is 6.14. The maximum absolute atomic E-state index is 6.14. The van der Waals surface area contributed by atoms with Crippen molar-refractivity contribution >= 4 is 34.6 Å². The number of benzene rings is 2. The lowest BCUT2D eigenvalue weighted by molar-refractivity contribution is 0.565. The van der Waals surface area contributed by atoms with Crippen LogP contribution in [0.5, 0.6) is 0 Å². The Morgan fingerprint density at radius 2 is 1.70 bits per heavy atom. The molecule has 5 rings (SSSR count). The Labute approximate surface area is 204 Å². The summed E-state index contributed by atoms with van der Waals surface area (Å²) < 4.78 is 2.27. The van der Waals surface area contributed by atoms with Crippen molar-refractivity contribution in [1.82, 2.24) is 14.9 Å². The molecule has 1 aliphatic rings. The van der Waals surface area contributed by atoms with Gasteiger partial charge in [-0.05, 0) is 98.7 Å². The Balaban J connectivity index is 1.68. The Kier molecular flexibility index (Phi) is 5.69. The van der Waals surface area contributed by atoms with Gasteiger partial charge in [-0.1, -0.05) is 29.8 Å². The van der Waals surface area contributed by atoms with E-state index in [0.29, 0.717) is 5.11 Å². The SMILES string of the molecule is Cc1cccc(N2C(=S)NC(c3ccccn3)C2c2cc(C)n(-c3ccc(Cl)cc3)c2C)c1. The van der Waals surface area contributed by atoms with Gasteiger partial charge in [-0.15, -0.1) is 0 Å². The Bertz CT molecular complexity index is 1310. The van der Waals surface area contributed by atoms with E-state index in [4.69, 9.17) is 23.8 Å². The predicted molar refractivity (Wildman–Crippen MR) is 139 cm³/mol. The number of thiocarbonyl (C=S) groups is 1. The quantitative estimate of drug-likeness (QED) is 0.338. The van der Waals surface area contributed by atoms with Crippen LogP contribution in [0.1, 0.15) is 40.3 Å². The Morgan fingerprint density at radius 3 is 2.39 bits per heavy atom. The van der Waals surface area contributed by atoms with Crippen molar-refractivity contribution in [3.8, 4) is 5.69 Å². The smallest absolute Gasteiger partial charge is 0.174 e. The summed E-state index contributed by atoms with van der Waals surface area (Å²) in [6, 6.07) is 24.6. The maximum Gasteiger partial charge on any atom is 0.174 e. The normalized spacial score (nSPS) is 17.9. The molecule has 0 radical (unpaired) electrons. The van der Waals surface area contributed by atoms with Crippen molar-refractivity contribution in [2.45, 2.75) is 32.9 Å². The fourth-order valence-electron chi connectivity index (χ4n) is 4.80. The summed E-state index contributed by atoms with van der Waals surface area (Å²) in [7, 11) is 0. The van der Waals surface area contributed by atoms with Crippen LogP contribution < -0.4 is 10.2 Å². The number of pyridine rings is 1. The third-order valence-electron chi connectivity index (χ3n) is 6.25. The second-order valence-corrected chi connectivity index (χ2v) is 9.30. The molecule has 2 aromatic heterocycles. The van der Waals surface area contributed by atoms with Gasteiger partial charge in [0.25, 0.3) is 0 Å². The van der Waals surface area contributed by atoms with Crippen LogP contribution in [-0.4, -0.2) is 14.7 Å². The molecular weight excluding hydrogens is 448 g/mol. The molecule has 1 saturated heterocycles. The number of anilines is 1. The molecule has 0 amide bonds. The molecule has 166 valence electrons. The summed E-state index contributed by atoms with van der Waals surface area (Å²) >= 11 is 12.0. The molecule has 0 aliphatic carbocycles. The van der Waals surface area contributed by atoms with Gasteiger partial charge in [-0.3, -0.25) is 4.98 Å². The molecule has 2 unspecified atom stereocenters. The fourth-order valence-corrected chi connectivity index (χ4v) is 5.27. The average molecular weight is 473 g/mol. The molecule has 3 heterocycles. The second-order valence-electron chi connectivity index (χ2n) is 8.47. The molecule has 1 aliphatic heterocycles. The van der Waals surface area contributed by atoms with Crippen LogP contribution in [0.3, 0.4) is 0 Å². The number of aryl methyl sites for hydroxylation is 2. The average Bonchev–Trinajstić information content (AvgIpc) is 3.30. The highest BCUT2D eigenvalue weighted by Gasteiger charge is 2.42. The van der Waals surface area contributed by atoms with Gasteiger partial charge in [0.2, 0.25) is 0 Å². The third-order valence-corrected chi connectivity index (χ3v) is 6.82. The fraction of sp³-hybridized carbons (Fsp3) is 0.185. The van der Waals surface area contributed by atoms with Crippen molar-refractivity contribution in [2.75, 3.05) is 4.90 Å². The molecular formula is C27H25ClN4S. The monoisotopic (exact) mass is 472 g/mol. The van der Waals surface area contributed by atoms with E-state index in [2.05, 4.69) is 89.1 Å². The number of nitrogens with one attached hydrogen (secondary N) is 1. The molecule has 0 saturated carbocycles. The summed E-state index contributed by atoms with van der Waals surface area (Å²) in [6.07, 6.45) is 1.84. The second kappa shape index (κ2) is 8.65. The largest absolute Gasteiger partial charge is 0.351 e. The highest BCUT2D eigenvalue weighted by molar-refractivity contribution is 7.80. The molecule has 4 nitrogen and oxygen atoms in total. The highest BCUT2D eigenvalue weighted by atomic mass is 35.5. The lowest BCUT2D eigenvalue weighted by Crippen LogP contribution is -2.29. The number of hydrogen-bond acceptors (Lipinski definition) is 2. The first-order valence-electron chi connectivity index (χ1n) is 11.0. The van der Waals surface area contributed by atoms with Crippen molar-refractivity contribution in [3.05, 3.63) is 112 Å². The minimum Gasteiger partial charge on any atom is -0.351 e. The third kappa shape index (κ3) is 3.92. The van der Waals surface area contributed by atoms with Crippen molar-refractivity contribution in [2.24, 2.45) is 0 Å². The first-order chi connectivity index (χ1) is 15.9. The summed E-state index contributed by atoms with van der Waals surface area (Å²) in [6.45, 7) is 6.41. The molecule has 6 heteroatoms. The van der Waals surface area contributed by atoms with Crippen molar-refractivity contribution in [1.29, 1.82) is 0 Å². The topological polar surface area (TPSA) is 33.1 Å². The van der Waals surface area contributed by atoms with E-state index in [1.165, 1.54) is 16.8 Å². The van der Waals surface area contributed by atoms with Gasteiger partial charge in [0.05, 0.1) is 17.8 Å². The minimum atomic E-state index is -0.0709. The zero-order chi connectivity index (χ0) is 23.1. The summed E-state index contributed by atoms with van der Waals surface area (Å²) in [5.74, 6) is 0. The number of rotatable bonds is 4. The van der Waals surface area contributed by atoms with E-state index in [1.807, 2.05) is 30.5 Å². The van der Waals surface area contributed by atoms with Crippen LogP contribution in [-0.2, 0) is 0 Å². The summed E-state index contributed by atoms with van der Waals surface area (Å²) in [5, 5.41) is 4.99. The number of aromatic nitrogens is 2. The van der Waals surface area contributed by atoms with Gasteiger partial charge in [0, 0.05) is 34.0 Å². The zero-order valence-corrected chi connectivity index (χ0v) is 20.4. The van der Waals surface area contributed by atoms with Gasteiger partial charge in [-0.25, -0.2) is 0 Å². The van der Waals surface area contributed by atoms with Crippen LogP contribution >= 0.6 is 23.8 Å². The molecule has 2 atom stereocenters. The van der Waals surface area contributed by atoms with E-state index < -0.39 is 0 Å². The lowest BCUT2D eigenvalue weighted by atomic mass is 9.96. The molecule has 4 aromatic rings. The van der Waals surface area contributed by atoms with Gasteiger partial charge in [-0.2, -0.15) is 0 Å². The van der Waals surface area contributed by atoms with Gasteiger partial charge in [0.1, 0.15) is 0 Å². The van der Waals surface area contributed by atoms with Gasteiger partial charge in [0.15, 0.2) is 5.11 Å². The zero-order valence-electron chi connectivity index (χ0n) is 18.8. The van der Waals surface area contributed by atoms with Crippen molar-refractivity contribution < 1.29 is 0 Å². The van der Waals surface area contributed by atoms with Crippen LogP contribution in [0.4, 0.5) is 5.69 Å². The summed E-state index contributed by atoms with van der Waals surface area (Å²) in [5.41, 5.74) is 7.87. The van der Waals surface area contributed by atoms with Gasteiger partial charge >= 0.3 is 0 Å². The molecule has 33 heavy (non-hydrogen) atoms. The first-order valence-corrected chi connectivity index (χ1v) is 11.7. The Hall–Kier alpha value is -3.15. The van der Waals surface area contributed by atoms with Crippen LogP contribution in [0.25, 0.3) is 5.69 Å². The molecule has 2 aromatic carbocycles. The van der Waals surface area contributed by atoms with Crippen LogP contribution in [0.2, 0.25) is 5.02 Å². The molecule has 1 N–H and O–H groups in total. The number of nitrogens with zero attached hydrogens (tertiary/aromatic N) is 3. The Morgan fingerprint density at radius 1 is 0.909 bits per heavy atom. The van der Waals surface area contributed by atoms with Crippen LogP contribution in [0, 0.1) is 20.8 Å². The predicted octanol–water partition coefficient (Wildman–Crippen LogP) is 6.63. The van der Waals surface area contributed by atoms with Gasteiger partial charge < -0.3 is 14.8 Å². The highest BCUT2D eigenvalue weighted by Crippen LogP contribution is 2.43. The molecule has 0 spiro atoms. The van der Waals surface area contributed by atoms with E-state index in [1.54, 1.807) is 0 Å². The molecule has 0 bridgehead atoms. The van der Waals surface area contributed by atoms with E-state index in [9.17, 15) is 0 Å². The number of hydrogen-bond donors (Lipinski definition) is 1. The number of halogens is 1. The van der Waals surface area contributed by atoms with E-state index >= 15 is 0 Å². The van der Waals surface area contributed by atoms with E-state index in [0.717, 1.165) is 27.8 Å². The van der Waals surface area contributed by atoms with Crippen molar-refractivity contribution in [3.63, 3.8) is 0 Å². The van der Waals surface area contributed by atoms with Crippen LogP contribution in [0.15, 0.2) is 79.0 Å². The first kappa shape index (κ1) is 21.7. The summed E-state index contributed by atoms with van der Waals surface area (Å²) in [4.78, 5) is 6.90.